The van der Waals surface area contributed by atoms with E-state index in [0.29, 0.717) is 12.3 Å². The summed E-state index contributed by atoms with van der Waals surface area (Å²) in [5.41, 5.74) is 0.240. The van der Waals surface area contributed by atoms with Gasteiger partial charge in [0.25, 0.3) is 0 Å². The van der Waals surface area contributed by atoms with Crippen LogP contribution >= 0.6 is 0 Å². The first-order chi connectivity index (χ1) is 8.16. The van der Waals surface area contributed by atoms with Crippen molar-refractivity contribution < 1.29 is 19.1 Å². The third-order valence-corrected chi connectivity index (χ3v) is 2.93. The lowest BCUT2D eigenvalue weighted by Gasteiger charge is -2.19. The summed E-state index contributed by atoms with van der Waals surface area (Å²) in [6.07, 6.45) is 3.87. The van der Waals surface area contributed by atoms with Gasteiger partial charge in [-0.15, -0.1) is 0 Å². The van der Waals surface area contributed by atoms with Gasteiger partial charge in [0.05, 0.1) is 18.9 Å². The summed E-state index contributed by atoms with van der Waals surface area (Å²) in [4.78, 5) is 12.9. The Morgan fingerprint density at radius 2 is 2.47 bits per heavy atom. The van der Waals surface area contributed by atoms with Crippen molar-refractivity contribution in [1.82, 2.24) is 4.90 Å². The van der Waals surface area contributed by atoms with Gasteiger partial charge in [-0.3, -0.25) is 4.90 Å². The van der Waals surface area contributed by atoms with Gasteiger partial charge in [-0.05, 0) is 26.0 Å². The van der Waals surface area contributed by atoms with Crippen LogP contribution in [0.3, 0.4) is 0 Å². The van der Waals surface area contributed by atoms with E-state index in [2.05, 4.69) is 0 Å². The number of aromatic carboxylic acids is 1. The summed E-state index contributed by atoms with van der Waals surface area (Å²) in [5, 5.41) is 8.95. The van der Waals surface area contributed by atoms with Gasteiger partial charge in [0.1, 0.15) is 11.3 Å². The van der Waals surface area contributed by atoms with Crippen LogP contribution in [0.1, 0.15) is 29.0 Å². The van der Waals surface area contributed by atoms with Crippen molar-refractivity contribution in [2.24, 2.45) is 0 Å². The molecular weight excluding hydrogens is 222 g/mol. The van der Waals surface area contributed by atoms with Crippen molar-refractivity contribution in [3.05, 3.63) is 23.7 Å². The van der Waals surface area contributed by atoms with Crippen LogP contribution in [-0.4, -0.2) is 42.3 Å². The molecule has 0 bridgehead atoms. The highest BCUT2D eigenvalue weighted by Gasteiger charge is 2.20. The summed E-state index contributed by atoms with van der Waals surface area (Å²) in [6.45, 7) is 2.13. The highest BCUT2D eigenvalue weighted by molar-refractivity contribution is 5.88. The van der Waals surface area contributed by atoms with Crippen molar-refractivity contribution in [3.8, 4) is 0 Å². The molecule has 0 saturated carbocycles. The lowest BCUT2D eigenvalue weighted by molar-refractivity contribution is 0.0686. The minimum absolute atomic E-state index is 0.240. The zero-order valence-corrected chi connectivity index (χ0v) is 9.89. The number of carboxylic acid groups (broad SMARTS) is 1. The molecule has 1 aliphatic rings. The van der Waals surface area contributed by atoms with Crippen LogP contribution in [0, 0.1) is 0 Å². The SMILES string of the molecule is CN(Cc1occc1C(=O)O)CC1CCCO1. The van der Waals surface area contributed by atoms with E-state index in [-0.39, 0.29) is 11.7 Å². The van der Waals surface area contributed by atoms with E-state index in [1.165, 1.54) is 12.3 Å². The predicted octanol–water partition coefficient (Wildman–Crippen LogP) is 1.59. The Morgan fingerprint density at radius 3 is 3.12 bits per heavy atom. The topological polar surface area (TPSA) is 62.9 Å². The number of furan rings is 1. The molecule has 0 radical (unpaired) electrons. The average molecular weight is 239 g/mol. The summed E-state index contributed by atoms with van der Waals surface area (Å²) < 4.78 is 10.7. The monoisotopic (exact) mass is 239 g/mol. The molecule has 17 heavy (non-hydrogen) atoms. The molecule has 1 aliphatic heterocycles. The molecule has 2 rings (SSSR count). The number of hydrogen-bond acceptors (Lipinski definition) is 4. The number of likely N-dealkylation sites (N-methyl/N-ethyl adjacent to an activating group) is 1. The van der Waals surface area contributed by atoms with Crippen molar-refractivity contribution in [2.75, 3.05) is 20.2 Å². The fourth-order valence-electron chi connectivity index (χ4n) is 2.10. The molecule has 1 atom stereocenters. The Kier molecular flexibility index (Phi) is 3.81. The van der Waals surface area contributed by atoms with Gasteiger partial charge in [0.15, 0.2) is 0 Å². The molecule has 0 amide bonds. The van der Waals surface area contributed by atoms with Crippen LogP contribution in [0.25, 0.3) is 0 Å². The lowest BCUT2D eigenvalue weighted by Crippen LogP contribution is -2.28. The van der Waals surface area contributed by atoms with Crippen LogP contribution < -0.4 is 0 Å². The van der Waals surface area contributed by atoms with Crippen LogP contribution in [0.15, 0.2) is 16.7 Å². The number of carbonyl (C=O) groups is 1. The molecule has 1 N–H and O–H groups in total. The van der Waals surface area contributed by atoms with Crippen molar-refractivity contribution in [1.29, 1.82) is 0 Å². The largest absolute Gasteiger partial charge is 0.478 e. The summed E-state index contributed by atoms with van der Waals surface area (Å²) in [7, 11) is 1.94. The molecule has 94 valence electrons. The van der Waals surface area contributed by atoms with E-state index < -0.39 is 5.97 Å². The number of carboxylic acids is 1. The molecule has 1 aromatic rings. The quantitative estimate of drug-likeness (QED) is 0.845. The summed E-state index contributed by atoms with van der Waals surface area (Å²) in [5.74, 6) is -0.447. The van der Waals surface area contributed by atoms with Crippen molar-refractivity contribution in [2.45, 2.75) is 25.5 Å². The summed E-state index contributed by atoms with van der Waals surface area (Å²) in [6, 6.07) is 1.48. The number of hydrogen-bond donors (Lipinski definition) is 1. The fraction of sp³-hybridized carbons (Fsp3) is 0.583. The Hall–Kier alpha value is -1.33. The third-order valence-electron chi connectivity index (χ3n) is 2.93. The Bertz CT molecular complexity index is 382. The highest BCUT2D eigenvalue weighted by Crippen LogP contribution is 2.16. The first kappa shape index (κ1) is 12.1. The fourth-order valence-corrected chi connectivity index (χ4v) is 2.10. The van der Waals surface area contributed by atoms with Crippen LogP contribution in [0.5, 0.6) is 0 Å². The Balaban J connectivity index is 1.90. The van der Waals surface area contributed by atoms with E-state index in [4.69, 9.17) is 14.3 Å². The van der Waals surface area contributed by atoms with E-state index in [1.54, 1.807) is 0 Å². The first-order valence-electron chi connectivity index (χ1n) is 5.76. The van der Waals surface area contributed by atoms with Crippen molar-refractivity contribution in [3.63, 3.8) is 0 Å². The minimum Gasteiger partial charge on any atom is -0.478 e. The van der Waals surface area contributed by atoms with Gasteiger partial charge in [0, 0.05) is 13.2 Å². The van der Waals surface area contributed by atoms with Gasteiger partial charge in [0.2, 0.25) is 0 Å². The smallest absolute Gasteiger partial charge is 0.339 e. The van der Waals surface area contributed by atoms with E-state index in [1.807, 2.05) is 11.9 Å². The molecule has 1 aromatic heterocycles. The van der Waals surface area contributed by atoms with E-state index >= 15 is 0 Å². The predicted molar refractivity (Wildman–Crippen MR) is 61.0 cm³/mol. The van der Waals surface area contributed by atoms with Crippen LogP contribution in [-0.2, 0) is 11.3 Å². The second kappa shape index (κ2) is 5.33. The molecule has 1 fully saturated rings. The second-order valence-corrected chi connectivity index (χ2v) is 4.39. The maximum atomic E-state index is 10.9. The standard InChI is InChI=1S/C12H17NO4/c1-13(7-9-3-2-5-16-9)8-11-10(12(14)15)4-6-17-11/h4,6,9H,2-3,5,7-8H2,1H3,(H,14,15). The molecule has 1 saturated heterocycles. The summed E-state index contributed by atoms with van der Waals surface area (Å²) >= 11 is 0. The molecule has 5 heteroatoms. The van der Waals surface area contributed by atoms with Crippen LogP contribution in [0.4, 0.5) is 0 Å². The van der Waals surface area contributed by atoms with E-state index in [0.717, 1.165) is 26.0 Å². The second-order valence-electron chi connectivity index (χ2n) is 4.39. The zero-order valence-electron chi connectivity index (χ0n) is 9.89. The minimum atomic E-state index is -0.945. The molecule has 0 spiro atoms. The molecule has 5 nitrogen and oxygen atoms in total. The van der Waals surface area contributed by atoms with Gasteiger partial charge in [-0.25, -0.2) is 4.79 Å². The molecule has 2 heterocycles. The highest BCUT2D eigenvalue weighted by atomic mass is 16.5. The number of rotatable bonds is 5. The van der Waals surface area contributed by atoms with Gasteiger partial charge in [-0.2, -0.15) is 0 Å². The van der Waals surface area contributed by atoms with Crippen molar-refractivity contribution >= 4 is 5.97 Å². The number of nitrogens with zero attached hydrogens (tertiary/aromatic N) is 1. The Morgan fingerprint density at radius 1 is 1.65 bits per heavy atom. The zero-order chi connectivity index (χ0) is 12.3. The molecule has 0 aliphatic carbocycles. The molecule has 1 unspecified atom stereocenters. The van der Waals surface area contributed by atoms with Gasteiger partial charge < -0.3 is 14.3 Å². The number of ether oxygens (including phenoxy) is 1. The van der Waals surface area contributed by atoms with Crippen LogP contribution in [0.2, 0.25) is 0 Å². The van der Waals surface area contributed by atoms with Gasteiger partial charge >= 0.3 is 5.97 Å². The lowest BCUT2D eigenvalue weighted by atomic mass is 10.2. The first-order valence-corrected chi connectivity index (χ1v) is 5.76. The normalized spacial score (nSPS) is 20.0. The van der Waals surface area contributed by atoms with Gasteiger partial charge in [-0.1, -0.05) is 0 Å². The Labute approximate surface area is 100.0 Å². The van der Waals surface area contributed by atoms with E-state index in [9.17, 15) is 4.79 Å². The third kappa shape index (κ3) is 3.08. The maximum absolute atomic E-state index is 10.9. The molecule has 0 aromatic carbocycles. The maximum Gasteiger partial charge on any atom is 0.339 e. The average Bonchev–Trinajstić information content (AvgIpc) is 2.88. The molecular formula is C12H17NO4.